The SMILES string of the molecule is CCn1c(=O)c(C(C)=Nc2cc(S(=O)(=O)O)cc3cc(S(=O)(=O)O)cc(O)c23)c(O)c2ccccc21. The molecule has 0 atom stereocenters. The lowest BCUT2D eigenvalue weighted by atomic mass is 10.1. The topological polar surface area (TPSA) is 184 Å². The standard InChI is InChI=1S/C23H20N2O9S2/c1-3-25-18-7-5-4-6-16(18)22(27)20(23(25)28)12(2)24-17-10-14(35(29,30)31)8-13-9-15(36(32,33)34)11-19(26)21(13)17/h4-11,26-27H,3H2,1-2H3,(H,29,30,31)(H,32,33,34). The Morgan fingerprint density at radius 3 is 2.11 bits per heavy atom. The largest absolute Gasteiger partial charge is 0.507 e. The molecule has 4 N–H and O–H groups in total. The first-order valence-electron chi connectivity index (χ1n) is 10.4. The molecule has 0 radical (unpaired) electrons. The summed E-state index contributed by atoms with van der Waals surface area (Å²) in [5.74, 6) is -1.02. The number of aliphatic imine (C=N–C) groups is 1. The Morgan fingerprint density at radius 2 is 1.53 bits per heavy atom. The number of hydrogen-bond acceptors (Lipinski definition) is 8. The zero-order valence-electron chi connectivity index (χ0n) is 18.9. The molecule has 0 amide bonds. The van der Waals surface area contributed by atoms with E-state index >= 15 is 0 Å². The molecule has 0 saturated carbocycles. The maximum atomic E-state index is 13.2. The molecule has 4 rings (SSSR count). The van der Waals surface area contributed by atoms with E-state index in [1.54, 1.807) is 31.2 Å². The van der Waals surface area contributed by atoms with Crippen LogP contribution in [0.3, 0.4) is 0 Å². The molecular formula is C23H20N2O9S2. The molecule has 0 unspecified atom stereocenters. The van der Waals surface area contributed by atoms with Crippen molar-refractivity contribution in [2.24, 2.45) is 4.99 Å². The quantitative estimate of drug-likeness (QED) is 0.221. The molecular weight excluding hydrogens is 512 g/mol. The van der Waals surface area contributed by atoms with Crippen LogP contribution in [0.15, 0.2) is 68.1 Å². The molecule has 3 aromatic carbocycles. The molecule has 0 fully saturated rings. The van der Waals surface area contributed by atoms with Crippen LogP contribution >= 0.6 is 0 Å². The average molecular weight is 533 g/mol. The Kier molecular flexibility index (Phi) is 6.12. The molecule has 0 aliphatic rings. The maximum Gasteiger partial charge on any atom is 0.294 e. The summed E-state index contributed by atoms with van der Waals surface area (Å²) in [6.07, 6.45) is 0. The van der Waals surface area contributed by atoms with Crippen molar-refractivity contribution >= 4 is 53.3 Å². The lowest BCUT2D eigenvalue weighted by Gasteiger charge is -2.14. The third-order valence-corrected chi connectivity index (χ3v) is 7.32. The van der Waals surface area contributed by atoms with E-state index in [2.05, 4.69) is 4.99 Å². The highest BCUT2D eigenvalue weighted by Crippen LogP contribution is 2.39. The van der Waals surface area contributed by atoms with Gasteiger partial charge in [-0.2, -0.15) is 16.8 Å². The van der Waals surface area contributed by atoms with E-state index in [0.717, 1.165) is 24.3 Å². The Labute approximate surface area is 205 Å². The van der Waals surface area contributed by atoms with Crippen LogP contribution in [0, 0.1) is 0 Å². The van der Waals surface area contributed by atoms with Crippen LogP contribution in [-0.4, -0.2) is 46.4 Å². The Balaban J connectivity index is 2.10. The highest BCUT2D eigenvalue weighted by Gasteiger charge is 2.22. The number of hydrogen-bond donors (Lipinski definition) is 4. The summed E-state index contributed by atoms with van der Waals surface area (Å²) < 4.78 is 67.3. The number of pyridine rings is 1. The van der Waals surface area contributed by atoms with Crippen LogP contribution < -0.4 is 5.56 Å². The average Bonchev–Trinajstić information content (AvgIpc) is 2.77. The maximum absolute atomic E-state index is 13.2. The van der Waals surface area contributed by atoms with Crippen molar-refractivity contribution in [2.75, 3.05) is 0 Å². The third kappa shape index (κ3) is 4.33. The number of benzene rings is 3. The van der Waals surface area contributed by atoms with Gasteiger partial charge in [-0.3, -0.25) is 18.9 Å². The fourth-order valence-corrected chi connectivity index (χ4v) is 5.14. The highest BCUT2D eigenvalue weighted by atomic mass is 32.2. The fourth-order valence-electron chi connectivity index (χ4n) is 4.07. The molecule has 0 bridgehead atoms. The zero-order chi connectivity index (χ0) is 26.6. The summed E-state index contributed by atoms with van der Waals surface area (Å²) in [5.41, 5.74) is -0.532. The van der Waals surface area contributed by atoms with Crippen molar-refractivity contribution in [3.05, 3.63) is 64.4 Å². The molecule has 0 spiro atoms. The van der Waals surface area contributed by atoms with Crippen LogP contribution in [0.5, 0.6) is 11.5 Å². The summed E-state index contributed by atoms with van der Waals surface area (Å²) in [5, 5.41) is 21.5. The lowest BCUT2D eigenvalue weighted by Crippen LogP contribution is -2.26. The van der Waals surface area contributed by atoms with Gasteiger partial charge >= 0.3 is 0 Å². The normalized spacial score (nSPS) is 12.9. The van der Waals surface area contributed by atoms with E-state index in [1.807, 2.05) is 0 Å². The van der Waals surface area contributed by atoms with E-state index in [-0.39, 0.29) is 40.0 Å². The monoisotopic (exact) mass is 532 g/mol. The number of phenolic OH excluding ortho intramolecular Hbond substituents is 1. The van der Waals surface area contributed by atoms with Crippen molar-refractivity contribution in [2.45, 2.75) is 30.2 Å². The number of aryl methyl sites for hydroxylation is 1. The lowest BCUT2D eigenvalue weighted by molar-refractivity contribution is 0.471. The molecule has 11 nitrogen and oxygen atoms in total. The predicted octanol–water partition coefficient (Wildman–Crippen LogP) is 3.22. The second-order valence-electron chi connectivity index (χ2n) is 7.92. The van der Waals surface area contributed by atoms with Crippen molar-refractivity contribution < 1.29 is 36.2 Å². The Morgan fingerprint density at radius 1 is 0.944 bits per heavy atom. The Hall–Kier alpha value is -3.78. The second-order valence-corrected chi connectivity index (χ2v) is 10.8. The van der Waals surface area contributed by atoms with Gasteiger partial charge in [0.15, 0.2) is 0 Å². The highest BCUT2D eigenvalue weighted by molar-refractivity contribution is 7.86. The summed E-state index contributed by atoms with van der Waals surface area (Å²) in [6, 6.07) is 10.1. The minimum absolute atomic E-state index is 0.0440. The van der Waals surface area contributed by atoms with E-state index in [4.69, 9.17) is 0 Å². The summed E-state index contributed by atoms with van der Waals surface area (Å²) in [4.78, 5) is 16.1. The van der Waals surface area contributed by atoms with Crippen molar-refractivity contribution in [1.29, 1.82) is 0 Å². The van der Waals surface area contributed by atoms with Crippen LogP contribution in [0.25, 0.3) is 21.7 Å². The van der Waals surface area contributed by atoms with E-state index < -0.39 is 41.3 Å². The van der Waals surface area contributed by atoms with Crippen LogP contribution in [0.1, 0.15) is 19.4 Å². The van der Waals surface area contributed by atoms with Gasteiger partial charge < -0.3 is 14.8 Å². The number of aromatic hydroxyl groups is 2. The molecule has 1 aromatic heterocycles. The van der Waals surface area contributed by atoms with Crippen LogP contribution in [0.2, 0.25) is 0 Å². The van der Waals surface area contributed by atoms with Gasteiger partial charge in [-0.05, 0) is 49.6 Å². The number of fused-ring (bicyclic) bond motifs is 2. The van der Waals surface area contributed by atoms with Crippen molar-refractivity contribution in [1.82, 2.24) is 4.57 Å². The van der Waals surface area contributed by atoms with Gasteiger partial charge in [0.2, 0.25) is 0 Å². The zero-order valence-corrected chi connectivity index (χ0v) is 20.5. The number of rotatable bonds is 5. The third-order valence-electron chi connectivity index (χ3n) is 5.66. The summed E-state index contributed by atoms with van der Waals surface area (Å²) in [7, 11) is -9.58. The molecule has 0 saturated heterocycles. The van der Waals surface area contributed by atoms with Gasteiger partial charge in [0, 0.05) is 23.4 Å². The molecule has 13 heteroatoms. The molecule has 188 valence electrons. The van der Waals surface area contributed by atoms with Gasteiger partial charge in [0.1, 0.15) is 17.1 Å². The molecule has 1 heterocycles. The minimum atomic E-state index is -4.81. The van der Waals surface area contributed by atoms with Gasteiger partial charge in [-0.1, -0.05) is 12.1 Å². The Bertz CT molecular complexity index is 1870. The second kappa shape index (κ2) is 8.71. The minimum Gasteiger partial charge on any atom is -0.507 e. The molecule has 4 aromatic rings. The molecule has 36 heavy (non-hydrogen) atoms. The van der Waals surface area contributed by atoms with Gasteiger partial charge in [0.05, 0.1) is 26.7 Å². The smallest absolute Gasteiger partial charge is 0.294 e. The van der Waals surface area contributed by atoms with Crippen molar-refractivity contribution in [3.63, 3.8) is 0 Å². The fraction of sp³-hybridized carbons (Fsp3) is 0.130. The van der Waals surface area contributed by atoms with Gasteiger partial charge in [-0.15, -0.1) is 0 Å². The number of phenols is 1. The van der Waals surface area contributed by atoms with E-state index in [0.29, 0.717) is 10.9 Å². The van der Waals surface area contributed by atoms with Crippen molar-refractivity contribution in [3.8, 4) is 11.5 Å². The first-order chi connectivity index (χ1) is 16.7. The molecule has 0 aliphatic heterocycles. The first kappa shape index (κ1) is 25.3. The first-order valence-corrected chi connectivity index (χ1v) is 13.3. The number of para-hydroxylation sites is 1. The van der Waals surface area contributed by atoms with Gasteiger partial charge in [0.25, 0.3) is 25.8 Å². The molecule has 0 aliphatic carbocycles. The van der Waals surface area contributed by atoms with Crippen LogP contribution in [-0.2, 0) is 26.8 Å². The summed E-state index contributed by atoms with van der Waals surface area (Å²) in [6.45, 7) is 3.41. The van der Waals surface area contributed by atoms with E-state index in [9.17, 15) is 40.9 Å². The summed E-state index contributed by atoms with van der Waals surface area (Å²) >= 11 is 0. The van der Waals surface area contributed by atoms with Gasteiger partial charge in [-0.25, -0.2) is 0 Å². The predicted molar refractivity (Wildman–Crippen MR) is 133 cm³/mol. The van der Waals surface area contributed by atoms with Crippen LogP contribution in [0.4, 0.5) is 5.69 Å². The number of aromatic nitrogens is 1. The van der Waals surface area contributed by atoms with E-state index in [1.165, 1.54) is 11.5 Å². The number of nitrogens with zero attached hydrogens (tertiary/aromatic N) is 2.